The Labute approximate surface area is 157 Å². The van der Waals surface area contributed by atoms with Crippen LogP contribution in [0.4, 0.5) is 0 Å². The fourth-order valence-electron chi connectivity index (χ4n) is 3.33. The molecule has 2 aromatic carbocycles. The molecule has 4 rings (SSSR count). The molecule has 5 heteroatoms. The van der Waals surface area contributed by atoms with E-state index in [0.717, 1.165) is 16.5 Å². The van der Waals surface area contributed by atoms with Gasteiger partial charge in [0, 0.05) is 43.2 Å². The minimum Gasteiger partial charge on any atom is -0.351 e. The van der Waals surface area contributed by atoms with Gasteiger partial charge in [-0.3, -0.25) is 9.59 Å². The predicted octanol–water partition coefficient (Wildman–Crippen LogP) is 3.17. The second kappa shape index (κ2) is 7.50. The number of aromatic amines is 1. The summed E-state index contributed by atoms with van der Waals surface area (Å²) >= 11 is 0. The quantitative estimate of drug-likeness (QED) is 0.731. The molecular formula is C22H21N3O2. The predicted molar refractivity (Wildman–Crippen MR) is 106 cm³/mol. The third-order valence-corrected chi connectivity index (χ3v) is 4.86. The van der Waals surface area contributed by atoms with Gasteiger partial charge in [-0.25, -0.2) is 0 Å². The minimum atomic E-state index is -0.0171. The van der Waals surface area contributed by atoms with Crippen molar-refractivity contribution in [2.24, 2.45) is 0 Å². The molecule has 3 aromatic rings. The summed E-state index contributed by atoms with van der Waals surface area (Å²) in [6, 6.07) is 19.5. The first kappa shape index (κ1) is 17.1. The molecule has 0 aliphatic carbocycles. The molecule has 1 aliphatic heterocycles. The number of aromatic nitrogens is 1. The summed E-state index contributed by atoms with van der Waals surface area (Å²) in [4.78, 5) is 31.9. The van der Waals surface area contributed by atoms with Crippen LogP contribution >= 0.6 is 0 Å². The van der Waals surface area contributed by atoms with Crippen LogP contribution in [0.3, 0.4) is 0 Å². The van der Waals surface area contributed by atoms with Gasteiger partial charge in [0.15, 0.2) is 0 Å². The fourth-order valence-corrected chi connectivity index (χ4v) is 3.33. The number of para-hydroxylation sites is 1. The molecule has 1 aromatic heterocycles. The normalized spacial score (nSPS) is 14.8. The van der Waals surface area contributed by atoms with Crippen molar-refractivity contribution in [2.45, 2.75) is 0 Å². The van der Waals surface area contributed by atoms with Crippen LogP contribution in [-0.4, -0.2) is 52.8 Å². The average Bonchev–Trinajstić information content (AvgIpc) is 3.16. The Morgan fingerprint density at radius 3 is 2.26 bits per heavy atom. The lowest BCUT2D eigenvalue weighted by Gasteiger charge is -2.34. The SMILES string of the molecule is O=C(C=Cc1ccccc1)N1CCN(C(=O)c2cc3ccccc3[nH]2)CC1. The van der Waals surface area contributed by atoms with Crippen molar-refractivity contribution in [1.29, 1.82) is 0 Å². The molecule has 0 unspecified atom stereocenters. The summed E-state index contributed by atoms with van der Waals surface area (Å²) in [5.74, 6) is -0.0327. The number of rotatable bonds is 3. The first-order valence-electron chi connectivity index (χ1n) is 9.10. The monoisotopic (exact) mass is 359 g/mol. The second-order valence-electron chi connectivity index (χ2n) is 6.63. The van der Waals surface area contributed by atoms with E-state index in [4.69, 9.17) is 0 Å². The first-order valence-corrected chi connectivity index (χ1v) is 9.10. The van der Waals surface area contributed by atoms with Crippen LogP contribution in [0, 0.1) is 0 Å². The summed E-state index contributed by atoms with van der Waals surface area (Å²) in [5.41, 5.74) is 2.55. The van der Waals surface area contributed by atoms with Gasteiger partial charge >= 0.3 is 0 Å². The molecule has 27 heavy (non-hydrogen) atoms. The number of hydrogen-bond donors (Lipinski definition) is 1. The van der Waals surface area contributed by atoms with Crippen LogP contribution in [0.2, 0.25) is 0 Å². The molecule has 2 heterocycles. The highest BCUT2D eigenvalue weighted by Gasteiger charge is 2.24. The Morgan fingerprint density at radius 1 is 0.852 bits per heavy atom. The van der Waals surface area contributed by atoms with E-state index < -0.39 is 0 Å². The van der Waals surface area contributed by atoms with E-state index in [1.165, 1.54) is 0 Å². The highest BCUT2D eigenvalue weighted by atomic mass is 16.2. The molecule has 1 saturated heterocycles. The van der Waals surface area contributed by atoms with E-state index in [9.17, 15) is 9.59 Å². The van der Waals surface area contributed by atoms with Crippen LogP contribution in [0.1, 0.15) is 16.1 Å². The smallest absolute Gasteiger partial charge is 0.270 e. The molecule has 0 spiro atoms. The van der Waals surface area contributed by atoms with Gasteiger partial charge in [-0.15, -0.1) is 0 Å². The van der Waals surface area contributed by atoms with Crippen molar-refractivity contribution in [3.05, 3.63) is 78.0 Å². The molecule has 0 saturated carbocycles. The van der Waals surface area contributed by atoms with E-state index in [-0.39, 0.29) is 11.8 Å². The van der Waals surface area contributed by atoms with Gasteiger partial charge in [-0.05, 0) is 23.8 Å². The number of amides is 2. The maximum Gasteiger partial charge on any atom is 0.270 e. The molecule has 136 valence electrons. The minimum absolute atomic E-state index is 0.0156. The van der Waals surface area contributed by atoms with Crippen molar-refractivity contribution >= 4 is 28.8 Å². The number of carbonyl (C=O) groups is 2. The van der Waals surface area contributed by atoms with Crippen molar-refractivity contribution in [3.63, 3.8) is 0 Å². The molecule has 2 amide bonds. The first-order chi connectivity index (χ1) is 13.2. The van der Waals surface area contributed by atoms with Crippen molar-refractivity contribution < 1.29 is 9.59 Å². The van der Waals surface area contributed by atoms with E-state index in [1.807, 2.05) is 66.7 Å². The molecular weight excluding hydrogens is 338 g/mol. The number of hydrogen-bond acceptors (Lipinski definition) is 2. The molecule has 0 atom stereocenters. The topological polar surface area (TPSA) is 56.4 Å². The maximum atomic E-state index is 12.7. The lowest BCUT2D eigenvalue weighted by molar-refractivity contribution is -0.127. The van der Waals surface area contributed by atoms with Crippen LogP contribution < -0.4 is 0 Å². The zero-order valence-electron chi connectivity index (χ0n) is 15.0. The molecule has 5 nitrogen and oxygen atoms in total. The molecule has 0 radical (unpaired) electrons. The Kier molecular flexibility index (Phi) is 4.75. The Morgan fingerprint density at radius 2 is 1.52 bits per heavy atom. The van der Waals surface area contributed by atoms with Crippen LogP contribution in [0.15, 0.2) is 66.7 Å². The van der Waals surface area contributed by atoms with Crippen LogP contribution in [0.25, 0.3) is 17.0 Å². The van der Waals surface area contributed by atoms with Crippen LogP contribution in [0.5, 0.6) is 0 Å². The largest absolute Gasteiger partial charge is 0.351 e. The van der Waals surface area contributed by atoms with Crippen LogP contribution in [-0.2, 0) is 4.79 Å². The van der Waals surface area contributed by atoms with Crippen molar-refractivity contribution in [3.8, 4) is 0 Å². The zero-order valence-corrected chi connectivity index (χ0v) is 15.0. The van der Waals surface area contributed by atoms with Gasteiger partial charge in [0.2, 0.25) is 5.91 Å². The maximum absolute atomic E-state index is 12.7. The number of benzene rings is 2. The highest BCUT2D eigenvalue weighted by Crippen LogP contribution is 2.17. The number of carbonyl (C=O) groups excluding carboxylic acids is 2. The second-order valence-corrected chi connectivity index (χ2v) is 6.63. The Bertz CT molecular complexity index is 950. The van der Waals surface area contributed by atoms with Gasteiger partial charge in [0.25, 0.3) is 5.91 Å². The van der Waals surface area contributed by atoms with E-state index >= 15 is 0 Å². The summed E-state index contributed by atoms with van der Waals surface area (Å²) < 4.78 is 0. The Hall–Kier alpha value is -3.34. The van der Waals surface area contributed by atoms with Gasteiger partial charge in [0.05, 0.1) is 0 Å². The highest BCUT2D eigenvalue weighted by molar-refractivity contribution is 5.98. The molecule has 1 fully saturated rings. The molecule has 0 bridgehead atoms. The number of fused-ring (bicyclic) bond motifs is 1. The molecule has 1 N–H and O–H groups in total. The third kappa shape index (κ3) is 3.77. The van der Waals surface area contributed by atoms with E-state index in [2.05, 4.69) is 4.98 Å². The molecule has 1 aliphatic rings. The van der Waals surface area contributed by atoms with E-state index in [0.29, 0.717) is 31.9 Å². The standard InChI is InChI=1S/C22H21N3O2/c26-21(11-10-17-6-2-1-3-7-17)24-12-14-25(15-13-24)22(27)20-16-18-8-4-5-9-19(18)23-20/h1-11,16,23H,12-15H2. The lowest BCUT2D eigenvalue weighted by atomic mass is 10.2. The van der Waals surface area contributed by atoms with Crippen molar-refractivity contribution in [2.75, 3.05) is 26.2 Å². The van der Waals surface area contributed by atoms with Gasteiger partial charge in [-0.1, -0.05) is 48.5 Å². The zero-order chi connectivity index (χ0) is 18.6. The lowest BCUT2D eigenvalue weighted by Crippen LogP contribution is -2.50. The summed E-state index contributed by atoms with van der Waals surface area (Å²) in [6.07, 6.45) is 3.43. The van der Waals surface area contributed by atoms with Gasteiger partial charge in [-0.2, -0.15) is 0 Å². The third-order valence-electron chi connectivity index (χ3n) is 4.86. The summed E-state index contributed by atoms with van der Waals surface area (Å²) in [5, 5.41) is 1.03. The van der Waals surface area contributed by atoms with Crippen molar-refractivity contribution in [1.82, 2.24) is 14.8 Å². The fraction of sp³-hybridized carbons (Fsp3) is 0.182. The summed E-state index contributed by atoms with van der Waals surface area (Å²) in [7, 11) is 0. The number of piperazine rings is 1. The number of H-pyrrole nitrogens is 1. The number of nitrogens with one attached hydrogen (secondary N) is 1. The Balaban J connectivity index is 1.36. The summed E-state index contributed by atoms with van der Waals surface area (Å²) in [6.45, 7) is 2.17. The average molecular weight is 359 g/mol. The van der Waals surface area contributed by atoms with Gasteiger partial charge < -0.3 is 14.8 Å². The number of nitrogens with zero attached hydrogens (tertiary/aromatic N) is 2. The van der Waals surface area contributed by atoms with E-state index in [1.54, 1.807) is 15.9 Å². The van der Waals surface area contributed by atoms with Gasteiger partial charge in [0.1, 0.15) is 5.69 Å².